The van der Waals surface area contributed by atoms with Crippen LogP contribution in [0.25, 0.3) is 0 Å². The molecule has 2 unspecified atom stereocenters. The Morgan fingerprint density at radius 3 is 2.76 bits per heavy atom. The molecule has 25 heavy (non-hydrogen) atoms. The molecule has 0 spiro atoms. The fourth-order valence-electron chi connectivity index (χ4n) is 2.88. The Kier molecular flexibility index (Phi) is 4.80. The first-order valence-electron chi connectivity index (χ1n) is 7.72. The highest BCUT2D eigenvalue weighted by molar-refractivity contribution is 5.32. The highest BCUT2D eigenvalue weighted by atomic mass is 19.1. The minimum Gasteiger partial charge on any atom is -0.252 e. The van der Waals surface area contributed by atoms with Gasteiger partial charge in [-0.2, -0.15) is 10.4 Å². The molecular formula is C18H15F2N5. The normalized spacial score (nSPS) is 13.2. The van der Waals surface area contributed by atoms with Gasteiger partial charge < -0.3 is 0 Å². The summed E-state index contributed by atoms with van der Waals surface area (Å²) in [5.41, 5.74) is 1.53. The van der Waals surface area contributed by atoms with Gasteiger partial charge >= 0.3 is 0 Å². The van der Waals surface area contributed by atoms with Crippen molar-refractivity contribution in [2.24, 2.45) is 0 Å². The summed E-state index contributed by atoms with van der Waals surface area (Å²) in [5, 5.41) is 13.1. The number of halogens is 2. The van der Waals surface area contributed by atoms with Crippen LogP contribution in [0.1, 0.15) is 35.6 Å². The van der Waals surface area contributed by atoms with Crippen molar-refractivity contribution in [1.82, 2.24) is 19.7 Å². The summed E-state index contributed by atoms with van der Waals surface area (Å²) < 4.78 is 29.3. The maximum atomic E-state index is 14.4. The molecule has 0 aliphatic heterocycles. The van der Waals surface area contributed by atoms with E-state index in [2.05, 4.69) is 15.1 Å². The van der Waals surface area contributed by atoms with Gasteiger partial charge in [-0.05, 0) is 35.2 Å². The van der Waals surface area contributed by atoms with Crippen LogP contribution in [0.3, 0.4) is 0 Å². The number of benzene rings is 1. The van der Waals surface area contributed by atoms with Crippen molar-refractivity contribution in [3.63, 3.8) is 0 Å². The first kappa shape index (κ1) is 16.7. The molecule has 5 nitrogen and oxygen atoms in total. The maximum absolute atomic E-state index is 14.4. The van der Waals surface area contributed by atoms with E-state index >= 15 is 0 Å². The summed E-state index contributed by atoms with van der Waals surface area (Å²) >= 11 is 0. The number of rotatable bonds is 5. The fraction of sp³-hybridized carbons (Fsp3) is 0.222. The molecule has 0 saturated heterocycles. The average Bonchev–Trinajstić information content (AvgIpc) is 3.13. The SMILES string of the molecule is CC(c1ccnc(C#N)c1)C(Cn1cncn1)c1ccc(F)cc1F. The lowest BCUT2D eigenvalue weighted by atomic mass is 9.82. The molecule has 2 atom stereocenters. The van der Waals surface area contributed by atoms with E-state index in [1.165, 1.54) is 18.5 Å². The molecule has 0 bridgehead atoms. The average molecular weight is 339 g/mol. The van der Waals surface area contributed by atoms with E-state index in [9.17, 15) is 8.78 Å². The third-order valence-corrected chi connectivity index (χ3v) is 4.24. The van der Waals surface area contributed by atoms with Gasteiger partial charge in [0, 0.05) is 18.2 Å². The van der Waals surface area contributed by atoms with E-state index in [0.717, 1.165) is 11.6 Å². The molecule has 3 aromatic rings. The molecule has 1 aromatic carbocycles. The van der Waals surface area contributed by atoms with E-state index in [-0.39, 0.29) is 11.8 Å². The van der Waals surface area contributed by atoms with Gasteiger partial charge in [-0.3, -0.25) is 4.68 Å². The summed E-state index contributed by atoms with van der Waals surface area (Å²) in [7, 11) is 0. The topological polar surface area (TPSA) is 67.4 Å². The van der Waals surface area contributed by atoms with E-state index in [1.54, 1.807) is 29.3 Å². The van der Waals surface area contributed by atoms with Crippen molar-refractivity contribution in [1.29, 1.82) is 5.26 Å². The lowest BCUT2D eigenvalue weighted by Gasteiger charge is -2.25. The predicted octanol–water partition coefficient (Wildman–Crippen LogP) is 3.41. The number of pyridine rings is 1. The standard InChI is InChI=1S/C18H15F2N5/c1-12(13-4-5-23-15(6-13)8-21)17(9-25-11-22-10-24-25)16-3-2-14(19)7-18(16)20/h2-7,10-12,17H,9H2,1H3. The van der Waals surface area contributed by atoms with E-state index < -0.39 is 11.6 Å². The Morgan fingerprint density at radius 2 is 2.08 bits per heavy atom. The molecule has 0 amide bonds. The lowest BCUT2D eigenvalue weighted by Crippen LogP contribution is -2.17. The molecule has 2 aromatic heterocycles. The summed E-state index contributed by atoms with van der Waals surface area (Å²) in [5.74, 6) is -1.70. The van der Waals surface area contributed by atoms with Crippen molar-refractivity contribution >= 4 is 0 Å². The summed E-state index contributed by atoms with van der Waals surface area (Å²) in [4.78, 5) is 7.87. The van der Waals surface area contributed by atoms with Crippen molar-refractivity contribution in [2.75, 3.05) is 0 Å². The summed E-state index contributed by atoms with van der Waals surface area (Å²) in [6.07, 6.45) is 4.51. The quantitative estimate of drug-likeness (QED) is 0.714. The highest BCUT2D eigenvalue weighted by Crippen LogP contribution is 2.35. The minimum atomic E-state index is -0.621. The van der Waals surface area contributed by atoms with Crippen LogP contribution in [-0.2, 0) is 6.54 Å². The van der Waals surface area contributed by atoms with Gasteiger partial charge in [0.25, 0.3) is 0 Å². The molecule has 0 radical (unpaired) electrons. The number of hydrogen-bond acceptors (Lipinski definition) is 4. The zero-order chi connectivity index (χ0) is 17.8. The third kappa shape index (κ3) is 3.69. The van der Waals surface area contributed by atoms with Crippen LogP contribution in [0.15, 0.2) is 49.2 Å². The summed E-state index contributed by atoms with van der Waals surface area (Å²) in [6.45, 7) is 2.30. The Morgan fingerprint density at radius 1 is 1.24 bits per heavy atom. The number of aromatic nitrogens is 4. The van der Waals surface area contributed by atoms with Gasteiger partial charge in [0.05, 0.1) is 6.54 Å². The van der Waals surface area contributed by atoms with E-state index in [1.807, 2.05) is 13.0 Å². The van der Waals surface area contributed by atoms with Crippen LogP contribution in [0.4, 0.5) is 8.78 Å². The first-order valence-corrected chi connectivity index (χ1v) is 7.72. The zero-order valence-electron chi connectivity index (χ0n) is 13.5. The minimum absolute atomic E-state index is 0.153. The van der Waals surface area contributed by atoms with Crippen LogP contribution < -0.4 is 0 Å². The lowest BCUT2D eigenvalue weighted by molar-refractivity contribution is 0.441. The van der Waals surface area contributed by atoms with Gasteiger partial charge in [-0.15, -0.1) is 0 Å². The Balaban J connectivity index is 2.02. The molecule has 2 heterocycles. The van der Waals surface area contributed by atoms with Gasteiger partial charge in [-0.25, -0.2) is 18.7 Å². The number of hydrogen-bond donors (Lipinski definition) is 0. The second kappa shape index (κ2) is 7.18. The van der Waals surface area contributed by atoms with E-state index in [0.29, 0.717) is 17.8 Å². The van der Waals surface area contributed by atoms with Crippen LogP contribution in [0.5, 0.6) is 0 Å². The van der Waals surface area contributed by atoms with Crippen molar-refractivity contribution < 1.29 is 8.78 Å². The molecule has 0 aliphatic rings. The third-order valence-electron chi connectivity index (χ3n) is 4.24. The second-order valence-corrected chi connectivity index (χ2v) is 5.76. The van der Waals surface area contributed by atoms with Crippen molar-refractivity contribution in [3.8, 4) is 6.07 Å². The smallest absolute Gasteiger partial charge is 0.140 e. The maximum Gasteiger partial charge on any atom is 0.140 e. The molecule has 126 valence electrons. The Labute approximate surface area is 143 Å². The number of nitriles is 1. The molecule has 0 fully saturated rings. The molecule has 0 saturated carbocycles. The number of nitrogens with zero attached hydrogens (tertiary/aromatic N) is 5. The molecule has 0 N–H and O–H groups in total. The molecule has 7 heteroatoms. The van der Waals surface area contributed by atoms with E-state index in [4.69, 9.17) is 5.26 Å². The molecular weight excluding hydrogens is 324 g/mol. The van der Waals surface area contributed by atoms with Crippen LogP contribution in [0, 0.1) is 23.0 Å². The fourth-order valence-corrected chi connectivity index (χ4v) is 2.88. The van der Waals surface area contributed by atoms with Crippen LogP contribution >= 0.6 is 0 Å². The van der Waals surface area contributed by atoms with Gasteiger partial charge in [0.1, 0.15) is 36.1 Å². The van der Waals surface area contributed by atoms with Crippen LogP contribution in [-0.4, -0.2) is 19.7 Å². The monoisotopic (exact) mass is 339 g/mol. The predicted molar refractivity (Wildman–Crippen MR) is 86.5 cm³/mol. The zero-order valence-corrected chi connectivity index (χ0v) is 13.5. The molecule has 3 rings (SSSR count). The second-order valence-electron chi connectivity index (χ2n) is 5.76. The van der Waals surface area contributed by atoms with Crippen molar-refractivity contribution in [3.05, 3.63) is 77.6 Å². The molecule has 0 aliphatic carbocycles. The first-order chi connectivity index (χ1) is 12.1. The largest absolute Gasteiger partial charge is 0.252 e. The Hall–Kier alpha value is -3.14. The van der Waals surface area contributed by atoms with Crippen molar-refractivity contribution in [2.45, 2.75) is 25.3 Å². The highest BCUT2D eigenvalue weighted by Gasteiger charge is 2.25. The van der Waals surface area contributed by atoms with Gasteiger partial charge in [-0.1, -0.05) is 13.0 Å². The van der Waals surface area contributed by atoms with Gasteiger partial charge in [0.2, 0.25) is 0 Å². The van der Waals surface area contributed by atoms with Crippen LogP contribution in [0.2, 0.25) is 0 Å². The van der Waals surface area contributed by atoms with Gasteiger partial charge in [0.15, 0.2) is 0 Å². The summed E-state index contributed by atoms with van der Waals surface area (Å²) in [6, 6.07) is 9.05. The Bertz CT molecular complexity index is 902.